The number of hydrogen-bond acceptors (Lipinski definition) is 2. The fraction of sp³-hybridized carbons (Fsp3) is 0.500. The maximum Gasteiger partial charge on any atom is 0.149 e. The van der Waals surface area contributed by atoms with Crippen LogP contribution in [0.3, 0.4) is 0 Å². The summed E-state index contributed by atoms with van der Waals surface area (Å²) >= 11 is 0. The summed E-state index contributed by atoms with van der Waals surface area (Å²) in [5.74, 6) is 0.787. The lowest BCUT2D eigenvalue weighted by atomic mass is 10.1. The maximum atomic E-state index is 11.6. The van der Waals surface area contributed by atoms with Crippen molar-refractivity contribution >= 4 is 5.78 Å². The number of rotatable bonds is 5. The molecule has 0 bridgehead atoms. The van der Waals surface area contributed by atoms with Gasteiger partial charge in [0.2, 0.25) is 0 Å². The Morgan fingerprint density at radius 2 is 2.06 bits per heavy atom. The van der Waals surface area contributed by atoms with Crippen LogP contribution in [0.15, 0.2) is 24.3 Å². The van der Waals surface area contributed by atoms with Crippen molar-refractivity contribution in [3.63, 3.8) is 0 Å². The summed E-state index contributed by atoms with van der Waals surface area (Å²) < 4.78 is 0. The van der Waals surface area contributed by atoms with Gasteiger partial charge in [0.1, 0.15) is 5.78 Å². The molecule has 86 valence electrons. The fourth-order valence-electron chi connectivity index (χ4n) is 1.93. The van der Waals surface area contributed by atoms with E-state index in [0.29, 0.717) is 18.2 Å². The van der Waals surface area contributed by atoms with Crippen molar-refractivity contribution in [3.05, 3.63) is 35.4 Å². The van der Waals surface area contributed by atoms with E-state index in [1.165, 1.54) is 11.1 Å². The van der Waals surface area contributed by atoms with Crippen molar-refractivity contribution < 1.29 is 4.79 Å². The molecular weight excluding hydrogens is 198 g/mol. The van der Waals surface area contributed by atoms with E-state index >= 15 is 0 Å². The first-order valence-corrected chi connectivity index (χ1v) is 5.92. The van der Waals surface area contributed by atoms with Crippen LogP contribution in [0.25, 0.3) is 0 Å². The first kappa shape index (κ1) is 11.3. The molecular formula is C14H19NO. The quantitative estimate of drug-likeness (QED) is 0.755. The molecule has 0 radical (unpaired) electrons. The molecule has 0 atom stereocenters. The molecule has 0 amide bonds. The Balaban J connectivity index is 1.89. The highest BCUT2D eigenvalue weighted by molar-refractivity contribution is 5.84. The minimum atomic E-state index is 0.374. The Bertz CT molecular complexity index is 382. The van der Waals surface area contributed by atoms with E-state index in [0.717, 1.165) is 19.4 Å². The van der Waals surface area contributed by atoms with E-state index < -0.39 is 0 Å². The van der Waals surface area contributed by atoms with Gasteiger partial charge in [-0.15, -0.1) is 0 Å². The van der Waals surface area contributed by atoms with Gasteiger partial charge in [-0.3, -0.25) is 9.69 Å². The topological polar surface area (TPSA) is 20.3 Å². The van der Waals surface area contributed by atoms with Crippen LogP contribution >= 0.6 is 0 Å². The van der Waals surface area contributed by atoms with E-state index in [1.54, 1.807) is 0 Å². The highest BCUT2D eigenvalue weighted by atomic mass is 16.1. The number of carbonyl (C=O) groups is 1. The first-order valence-electron chi connectivity index (χ1n) is 5.92. The zero-order valence-corrected chi connectivity index (χ0v) is 10.1. The predicted molar refractivity (Wildman–Crippen MR) is 65.2 cm³/mol. The minimum Gasteiger partial charge on any atom is -0.298 e. The van der Waals surface area contributed by atoms with Crippen LogP contribution in [0, 0.1) is 12.8 Å². The largest absolute Gasteiger partial charge is 0.298 e. The molecule has 16 heavy (non-hydrogen) atoms. The van der Waals surface area contributed by atoms with Crippen molar-refractivity contribution in [2.75, 3.05) is 13.6 Å². The summed E-state index contributed by atoms with van der Waals surface area (Å²) in [6.07, 6.45) is 2.22. The molecule has 0 aromatic heterocycles. The van der Waals surface area contributed by atoms with E-state index in [-0.39, 0.29) is 0 Å². The number of benzene rings is 1. The van der Waals surface area contributed by atoms with Crippen LogP contribution in [0.2, 0.25) is 0 Å². The Hall–Kier alpha value is -1.15. The molecule has 1 fully saturated rings. The van der Waals surface area contributed by atoms with Gasteiger partial charge in [0.15, 0.2) is 0 Å². The van der Waals surface area contributed by atoms with E-state index in [4.69, 9.17) is 0 Å². The monoisotopic (exact) mass is 217 g/mol. The van der Waals surface area contributed by atoms with Crippen LogP contribution in [-0.4, -0.2) is 24.3 Å². The second kappa shape index (κ2) is 4.79. The second-order valence-corrected chi connectivity index (χ2v) is 4.84. The lowest BCUT2D eigenvalue weighted by molar-refractivity contribution is -0.121. The van der Waals surface area contributed by atoms with Gasteiger partial charge in [0.05, 0.1) is 6.54 Å². The van der Waals surface area contributed by atoms with E-state index in [1.807, 2.05) is 13.1 Å². The number of ketones is 1. The summed E-state index contributed by atoms with van der Waals surface area (Å²) in [5, 5.41) is 0. The van der Waals surface area contributed by atoms with Crippen molar-refractivity contribution in [2.45, 2.75) is 26.3 Å². The summed E-state index contributed by atoms with van der Waals surface area (Å²) in [6, 6.07) is 8.35. The van der Waals surface area contributed by atoms with Crippen molar-refractivity contribution in [1.29, 1.82) is 0 Å². The highest BCUT2D eigenvalue weighted by Crippen LogP contribution is 2.29. The zero-order valence-electron chi connectivity index (χ0n) is 10.1. The van der Waals surface area contributed by atoms with Crippen LogP contribution in [0.1, 0.15) is 24.0 Å². The number of Topliss-reactive ketones (excluding diaryl/α,β-unsaturated/α-hetero) is 1. The zero-order chi connectivity index (χ0) is 11.5. The molecule has 0 N–H and O–H groups in total. The van der Waals surface area contributed by atoms with E-state index in [2.05, 4.69) is 30.0 Å². The van der Waals surface area contributed by atoms with Gasteiger partial charge < -0.3 is 0 Å². The molecule has 1 aliphatic carbocycles. The first-order chi connectivity index (χ1) is 7.66. The molecule has 0 spiro atoms. The number of nitrogens with zero attached hydrogens (tertiary/aromatic N) is 1. The molecule has 0 heterocycles. The Morgan fingerprint density at radius 1 is 1.38 bits per heavy atom. The molecule has 1 saturated carbocycles. The smallest absolute Gasteiger partial charge is 0.149 e. The molecule has 1 aliphatic rings. The van der Waals surface area contributed by atoms with Gasteiger partial charge in [-0.1, -0.05) is 24.3 Å². The number of likely N-dealkylation sites (N-methyl/N-ethyl adjacent to an activating group) is 1. The Kier molecular flexibility index (Phi) is 3.39. The molecule has 2 nitrogen and oxygen atoms in total. The fourth-order valence-corrected chi connectivity index (χ4v) is 1.93. The average Bonchev–Trinajstić information content (AvgIpc) is 3.04. The van der Waals surface area contributed by atoms with Gasteiger partial charge in [-0.25, -0.2) is 0 Å². The van der Waals surface area contributed by atoms with Crippen LogP contribution in [-0.2, 0) is 11.3 Å². The summed E-state index contributed by atoms with van der Waals surface area (Å²) in [5.41, 5.74) is 2.61. The SMILES string of the molecule is Cc1ccccc1CN(C)CC(=O)C1CC1. The normalized spacial score (nSPS) is 15.4. The van der Waals surface area contributed by atoms with Crippen molar-refractivity contribution in [1.82, 2.24) is 4.90 Å². The van der Waals surface area contributed by atoms with Gasteiger partial charge in [0.25, 0.3) is 0 Å². The molecule has 1 aromatic rings. The standard InChI is InChI=1S/C14H19NO/c1-11-5-3-4-6-13(11)9-15(2)10-14(16)12-7-8-12/h3-6,12H,7-10H2,1-2H3. The lowest BCUT2D eigenvalue weighted by Gasteiger charge is -2.17. The summed E-state index contributed by atoms with van der Waals surface area (Å²) in [6.45, 7) is 3.58. The Morgan fingerprint density at radius 3 is 2.69 bits per heavy atom. The number of carbonyl (C=O) groups excluding carboxylic acids is 1. The van der Waals surface area contributed by atoms with Crippen LogP contribution in [0.5, 0.6) is 0 Å². The third-order valence-corrected chi connectivity index (χ3v) is 3.16. The molecule has 0 unspecified atom stereocenters. The summed E-state index contributed by atoms with van der Waals surface area (Å²) in [7, 11) is 2.02. The van der Waals surface area contributed by atoms with Gasteiger partial charge in [-0.05, 0) is 37.9 Å². The van der Waals surface area contributed by atoms with Gasteiger partial charge in [0, 0.05) is 12.5 Å². The number of hydrogen-bond donors (Lipinski definition) is 0. The highest BCUT2D eigenvalue weighted by Gasteiger charge is 2.29. The lowest BCUT2D eigenvalue weighted by Crippen LogP contribution is -2.26. The minimum absolute atomic E-state index is 0.374. The number of aryl methyl sites for hydroxylation is 1. The molecule has 2 heteroatoms. The molecule has 0 saturated heterocycles. The molecule has 0 aliphatic heterocycles. The van der Waals surface area contributed by atoms with Crippen molar-refractivity contribution in [2.24, 2.45) is 5.92 Å². The van der Waals surface area contributed by atoms with Crippen molar-refractivity contribution in [3.8, 4) is 0 Å². The van der Waals surface area contributed by atoms with Gasteiger partial charge >= 0.3 is 0 Å². The second-order valence-electron chi connectivity index (χ2n) is 4.84. The Labute approximate surface area is 97.3 Å². The molecule has 2 rings (SSSR count). The third-order valence-electron chi connectivity index (χ3n) is 3.16. The van der Waals surface area contributed by atoms with Crippen LogP contribution in [0.4, 0.5) is 0 Å². The third kappa shape index (κ3) is 2.92. The predicted octanol–water partition coefficient (Wildman–Crippen LogP) is 2.41. The van der Waals surface area contributed by atoms with E-state index in [9.17, 15) is 4.79 Å². The van der Waals surface area contributed by atoms with Gasteiger partial charge in [-0.2, -0.15) is 0 Å². The van der Waals surface area contributed by atoms with Crippen LogP contribution < -0.4 is 0 Å². The summed E-state index contributed by atoms with van der Waals surface area (Å²) in [4.78, 5) is 13.8. The molecule has 1 aromatic carbocycles. The average molecular weight is 217 g/mol. The maximum absolute atomic E-state index is 11.6.